The van der Waals surface area contributed by atoms with Crippen LogP contribution in [0.15, 0.2) is 18.2 Å². The third-order valence-corrected chi connectivity index (χ3v) is 4.30. The van der Waals surface area contributed by atoms with Gasteiger partial charge in [-0.25, -0.2) is 4.79 Å². The highest BCUT2D eigenvalue weighted by Crippen LogP contribution is 2.27. The smallest absolute Gasteiger partial charge is 0.340 e. The zero-order valence-electron chi connectivity index (χ0n) is 12.6. The molecule has 1 aliphatic rings. The molecule has 0 aromatic heterocycles. The van der Waals surface area contributed by atoms with E-state index < -0.39 is 0 Å². The third kappa shape index (κ3) is 2.96. The van der Waals surface area contributed by atoms with Crippen molar-refractivity contribution in [3.05, 3.63) is 29.3 Å². The lowest BCUT2D eigenvalue weighted by Crippen LogP contribution is -2.43. The summed E-state index contributed by atoms with van der Waals surface area (Å²) in [6.07, 6.45) is 3.69. The number of carbonyl (C=O) groups excluding carboxylic acids is 1. The number of nitrogens with zero attached hydrogens (tertiary/aromatic N) is 1. The number of likely N-dealkylation sites (tertiary alicyclic amines) is 1. The highest BCUT2D eigenvalue weighted by Gasteiger charge is 2.26. The van der Waals surface area contributed by atoms with Crippen LogP contribution in [0.5, 0.6) is 0 Å². The number of benzene rings is 1. The van der Waals surface area contributed by atoms with E-state index in [0.29, 0.717) is 23.3 Å². The second kappa shape index (κ2) is 6.27. The minimum absolute atomic E-state index is 0.351. The van der Waals surface area contributed by atoms with Crippen molar-refractivity contribution in [3.63, 3.8) is 0 Å². The van der Waals surface area contributed by atoms with Crippen LogP contribution in [0.1, 0.15) is 49.0 Å². The minimum atomic E-state index is -0.351. The van der Waals surface area contributed by atoms with Gasteiger partial charge in [0, 0.05) is 24.3 Å². The predicted molar refractivity (Wildman–Crippen MR) is 80.5 cm³/mol. The molecule has 1 aliphatic heterocycles. The summed E-state index contributed by atoms with van der Waals surface area (Å²) >= 11 is 0. The van der Waals surface area contributed by atoms with E-state index in [1.165, 1.54) is 26.4 Å². The number of esters is 1. The molecule has 1 fully saturated rings. The Hall–Kier alpha value is -1.55. The van der Waals surface area contributed by atoms with E-state index in [4.69, 9.17) is 10.5 Å². The number of rotatable bonds is 3. The van der Waals surface area contributed by atoms with E-state index in [9.17, 15) is 4.79 Å². The Morgan fingerprint density at radius 3 is 2.60 bits per heavy atom. The molecule has 2 rings (SSSR count). The molecule has 0 aliphatic carbocycles. The fourth-order valence-corrected chi connectivity index (χ4v) is 3.09. The first kappa shape index (κ1) is 14.9. The van der Waals surface area contributed by atoms with Gasteiger partial charge in [0.2, 0.25) is 0 Å². The molecule has 1 aromatic carbocycles. The standard InChI is InChI=1S/C16H24N2O2/c1-11-6-4-7-12(2)18(11)10-13-8-5-9-14(17)15(13)16(19)20-3/h5,8-9,11-12H,4,6-7,10,17H2,1-3H3. The van der Waals surface area contributed by atoms with Crippen molar-refractivity contribution in [3.8, 4) is 0 Å². The van der Waals surface area contributed by atoms with Gasteiger partial charge in [0.15, 0.2) is 0 Å². The number of nitrogen functional groups attached to an aromatic ring is 1. The summed E-state index contributed by atoms with van der Waals surface area (Å²) in [6, 6.07) is 6.68. The number of methoxy groups -OCH3 is 1. The van der Waals surface area contributed by atoms with Crippen molar-refractivity contribution in [2.24, 2.45) is 0 Å². The lowest BCUT2D eigenvalue weighted by atomic mass is 9.95. The highest BCUT2D eigenvalue weighted by molar-refractivity contribution is 5.96. The number of nitrogens with two attached hydrogens (primary N) is 1. The van der Waals surface area contributed by atoms with Gasteiger partial charge in [-0.1, -0.05) is 18.6 Å². The van der Waals surface area contributed by atoms with Gasteiger partial charge in [0.1, 0.15) is 0 Å². The molecule has 110 valence electrons. The molecule has 0 bridgehead atoms. The van der Waals surface area contributed by atoms with Gasteiger partial charge in [0.25, 0.3) is 0 Å². The highest BCUT2D eigenvalue weighted by atomic mass is 16.5. The molecule has 2 atom stereocenters. The van der Waals surface area contributed by atoms with Crippen molar-refractivity contribution in [2.75, 3.05) is 12.8 Å². The van der Waals surface area contributed by atoms with E-state index in [0.717, 1.165) is 12.1 Å². The van der Waals surface area contributed by atoms with Crippen LogP contribution < -0.4 is 5.73 Å². The molecule has 0 saturated carbocycles. The van der Waals surface area contributed by atoms with Gasteiger partial charge < -0.3 is 10.5 Å². The first-order chi connectivity index (χ1) is 9.54. The van der Waals surface area contributed by atoms with Crippen LogP contribution in [0.4, 0.5) is 5.69 Å². The normalized spacial score (nSPS) is 23.6. The van der Waals surface area contributed by atoms with Gasteiger partial charge in [0.05, 0.1) is 12.7 Å². The average molecular weight is 276 g/mol. The largest absolute Gasteiger partial charge is 0.465 e. The van der Waals surface area contributed by atoms with Crippen LogP contribution in [0.2, 0.25) is 0 Å². The molecule has 2 N–H and O–H groups in total. The monoisotopic (exact) mass is 276 g/mol. The second-order valence-corrected chi connectivity index (χ2v) is 5.67. The summed E-state index contributed by atoms with van der Waals surface area (Å²) < 4.78 is 4.86. The third-order valence-electron chi connectivity index (χ3n) is 4.30. The molecule has 1 saturated heterocycles. The Morgan fingerprint density at radius 1 is 1.35 bits per heavy atom. The van der Waals surface area contributed by atoms with Gasteiger partial charge in [-0.3, -0.25) is 4.90 Å². The zero-order chi connectivity index (χ0) is 14.7. The fourth-order valence-electron chi connectivity index (χ4n) is 3.09. The first-order valence-electron chi connectivity index (χ1n) is 7.26. The number of hydrogen-bond donors (Lipinski definition) is 1. The van der Waals surface area contributed by atoms with Crippen molar-refractivity contribution in [1.29, 1.82) is 0 Å². The van der Waals surface area contributed by atoms with Gasteiger partial charge in [-0.2, -0.15) is 0 Å². The lowest BCUT2D eigenvalue weighted by molar-refractivity contribution is 0.0593. The van der Waals surface area contributed by atoms with Crippen molar-refractivity contribution >= 4 is 11.7 Å². The summed E-state index contributed by atoms with van der Waals surface area (Å²) in [6.45, 7) is 5.25. The van der Waals surface area contributed by atoms with Crippen LogP contribution in [-0.2, 0) is 11.3 Å². The molecule has 4 heteroatoms. The fraction of sp³-hybridized carbons (Fsp3) is 0.562. The van der Waals surface area contributed by atoms with Crippen molar-refractivity contribution in [2.45, 2.75) is 51.7 Å². The van der Waals surface area contributed by atoms with E-state index in [-0.39, 0.29) is 5.97 Å². The molecule has 1 aromatic rings. The number of piperidine rings is 1. The average Bonchev–Trinajstić information content (AvgIpc) is 2.42. The van der Waals surface area contributed by atoms with E-state index in [1.807, 2.05) is 12.1 Å². The quantitative estimate of drug-likeness (QED) is 0.681. The molecule has 1 heterocycles. The SMILES string of the molecule is COC(=O)c1c(N)cccc1CN1C(C)CCCC1C. The lowest BCUT2D eigenvalue weighted by Gasteiger charge is -2.39. The van der Waals surface area contributed by atoms with Gasteiger partial charge in [-0.05, 0) is 38.3 Å². The Morgan fingerprint density at radius 2 is 2.00 bits per heavy atom. The Bertz CT molecular complexity index is 477. The molecule has 4 nitrogen and oxygen atoms in total. The molecular weight excluding hydrogens is 252 g/mol. The number of hydrogen-bond acceptors (Lipinski definition) is 4. The maximum atomic E-state index is 11.9. The van der Waals surface area contributed by atoms with E-state index >= 15 is 0 Å². The van der Waals surface area contributed by atoms with Crippen LogP contribution in [0, 0.1) is 0 Å². The number of ether oxygens (including phenoxy) is 1. The maximum absolute atomic E-state index is 11.9. The molecule has 2 unspecified atom stereocenters. The first-order valence-corrected chi connectivity index (χ1v) is 7.26. The van der Waals surface area contributed by atoms with Gasteiger partial charge >= 0.3 is 5.97 Å². The van der Waals surface area contributed by atoms with Crippen LogP contribution in [0.25, 0.3) is 0 Å². The summed E-state index contributed by atoms with van der Waals surface area (Å²) in [7, 11) is 1.39. The summed E-state index contributed by atoms with van der Waals surface area (Å²) in [5.74, 6) is -0.351. The van der Waals surface area contributed by atoms with Crippen LogP contribution >= 0.6 is 0 Å². The molecule has 0 amide bonds. The zero-order valence-corrected chi connectivity index (χ0v) is 12.6. The Balaban J connectivity index is 2.28. The molecular formula is C16H24N2O2. The Kier molecular flexibility index (Phi) is 4.65. The minimum Gasteiger partial charge on any atom is -0.465 e. The summed E-state index contributed by atoms with van der Waals surface area (Å²) in [4.78, 5) is 14.4. The molecule has 20 heavy (non-hydrogen) atoms. The maximum Gasteiger partial charge on any atom is 0.340 e. The topological polar surface area (TPSA) is 55.6 Å². The van der Waals surface area contributed by atoms with Crippen LogP contribution in [-0.4, -0.2) is 30.1 Å². The van der Waals surface area contributed by atoms with Crippen LogP contribution in [0.3, 0.4) is 0 Å². The van der Waals surface area contributed by atoms with E-state index in [1.54, 1.807) is 6.07 Å². The van der Waals surface area contributed by atoms with Crippen molar-refractivity contribution < 1.29 is 9.53 Å². The number of anilines is 1. The predicted octanol–water partition coefficient (Wildman–Crippen LogP) is 2.82. The summed E-state index contributed by atoms with van der Waals surface area (Å²) in [5.41, 5.74) is 7.92. The Labute approximate surface area is 120 Å². The van der Waals surface area contributed by atoms with Crippen molar-refractivity contribution in [1.82, 2.24) is 4.90 Å². The number of carbonyl (C=O) groups is 1. The molecule has 0 spiro atoms. The second-order valence-electron chi connectivity index (χ2n) is 5.67. The van der Waals surface area contributed by atoms with Gasteiger partial charge in [-0.15, -0.1) is 0 Å². The van der Waals surface area contributed by atoms with E-state index in [2.05, 4.69) is 18.7 Å². The molecule has 0 radical (unpaired) electrons. The summed E-state index contributed by atoms with van der Waals surface area (Å²) in [5, 5.41) is 0.